The topological polar surface area (TPSA) is 147 Å². The summed E-state index contributed by atoms with van der Waals surface area (Å²) in [6.07, 6.45) is 9.56. The summed E-state index contributed by atoms with van der Waals surface area (Å²) in [4.78, 5) is 53.9. The Morgan fingerprint density at radius 3 is 2.51 bits per heavy atom. The number of halogens is 1. The Bertz CT molecular complexity index is 1750. The van der Waals surface area contributed by atoms with Crippen molar-refractivity contribution in [2.24, 2.45) is 17.4 Å². The predicted octanol–water partition coefficient (Wildman–Crippen LogP) is 5.85. The molecule has 1 aliphatic rings. The number of nitrogens with two attached hydrogens (primary N) is 2. The smallest absolute Gasteiger partial charge is 0.226 e. The van der Waals surface area contributed by atoms with Crippen molar-refractivity contribution in [3.8, 4) is 0 Å². The van der Waals surface area contributed by atoms with Crippen LogP contribution in [0.2, 0.25) is 5.02 Å². The number of rotatable bonds is 9. The van der Waals surface area contributed by atoms with Gasteiger partial charge in [0.2, 0.25) is 5.91 Å². The molecule has 2 aromatic carbocycles. The van der Waals surface area contributed by atoms with E-state index in [1.807, 2.05) is 54.7 Å². The summed E-state index contributed by atoms with van der Waals surface area (Å²) in [5.41, 5.74) is 15.5. The summed E-state index contributed by atoms with van der Waals surface area (Å²) in [5.74, 6) is -0.860. The Hall–Kier alpha value is -3.54. The van der Waals surface area contributed by atoms with Gasteiger partial charge in [0.15, 0.2) is 11.6 Å². The number of ketones is 2. The number of pyridine rings is 1. The number of fused-ring (bicyclic) bond motifs is 3. The first-order chi connectivity index (χ1) is 23.8. The van der Waals surface area contributed by atoms with Crippen molar-refractivity contribution in [3.63, 3.8) is 0 Å². The lowest BCUT2D eigenvalue weighted by molar-refractivity contribution is -0.143. The molecule has 6 N–H and O–H groups in total. The third kappa shape index (κ3) is 9.38. The standard InChI is InChI=1S/C38H47ClN6O3S/c1-45-33(19-28-23-43-31-12-4-3-11-29(28)31)34(46)16-15-27-21-42-24-30(39)37(27)49-36-14-5-2-10-26(36)22-44-32(13-8-18-41)35(47)20-25(38(45)48)9-6-7-17-40/h2-5,10-12,14,21,23-25,32-33,43-44H,6-9,13,15-20,22,40-41H2,1H3/t25-,32+,33+/m1/s1. The summed E-state index contributed by atoms with van der Waals surface area (Å²) in [5, 5.41) is 5.03. The van der Waals surface area contributed by atoms with Crippen LogP contribution in [0.5, 0.6) is 0 Å². The number of nitrogens with one attached hydrogen (secondary N) is 2. The van der Waals surface area contributed by atoms with Crippen molar-refractivity contribution in [1.29, 1.82) is 0 Å². The van der Waals surface area contributed by atoms with Gasteiger partial charge in [-0.1, -0.05) is 66.2 Å². The van der Waals surface area contributed by atoms with Gasteiger partial charge in [0.05, 0.1) is 17.1 Å². The molecule has 0 unspecified atom stereocenters. The van der Waals surface area contributed by atoms with Crippen LogP contribution < -0.4 is 16.8 Å². The Labute approximate surface area is 297 Å². The number of carbonyl (C=O) groups is 3. The molecule has 0 spiro atoms. The van der Waals surface area contributed by atoms with Gasteiger partial charge in [-0.2, -0.15) is 0 Å². The molecule has 0 saturated heterocycles. The number of Topliss-reactive ketones (excluding diaryl/α,β-unsaturated/α-hetero) is 2. The van der Waals surface area contributed by atoms with E-state index in [-0.39, 0.29) is 30.3 Å². The highest BCUT2D eigenvalue weighted by Gasteiger charge is 2.34. The molecule has 2 aromatic heterocycles. The van der Waals surface area contributed by atoms with Crippen LogP contribution in [0.25, 0.3) is 10.9 Å². The first-order valence-corrected chi connectivity index (χ1v) is 18.4. The molecule has 260 valence electrons. The average molecular weight is 703 g/mol. The lowest BCUT2D eigenvalue weighted by atomic mass is 9.89. The molecule has 3 atom stereocenters. The number of nitrogens with zero attached hydrogens (tertiary/aromatic N) is 2. The molecular weight excluding hydrogens is 656 g/mol. The van der Waals surface area contributed by atoms with Gasteiger partial charge in [-0.15, -0.1) is 0 Å². The monoisotopic (exact) mass is 702 g/mol. The Balaban J connectivity index is 1.55. The van der Waals surface area contributed by atoms with Gasteiger partial charge in [-0.3, -0.25) is 19.4 Å². The van der Waals surface area contributed by atoms with Crippen LogP contribution in [-0.2, 0) is 33.8 Å². The molecule has 0 radical (unpaired) electrons. The number of hydrogen-bond acceptors (Lipinski definition) is 8. The highest BCUT2D eigenvalue weighted by Crippen LogP contribution is 2.38. The van der Waals surface area contributed by atoms with Crippen LogP contribution in [0.15, 0.2) is 76.9 Å². The maximum Gasteiger partial charge on any atom is 0.226 e. The molecule has 49 heavy (non-hydrogen) atoms. The number of aromatic amines is 1. The number of unbranched alkanes of at least 4 members (excludes halogenated alkanes) is 1. The minimum absolute atomic E-state index is 0.0265. The number of aromatic nitrogens is 2. The number of likely N-dealkylation sites (N-methyl/N-ethyl adjacent to an activating group) is 1. The third-order valence-electron chi connectivity index (χ3n) is 9.46. The number of para-hydroxylation sites is 1. The average Bonchev–Trinajstić information content (AvgIpc) is 3.52. The van der Waals surface area contributed by atoms with E-state index in [0.29, 0.717) is 63.2 Å². The summed E-state index contributed by atoms with van der Waals surface area (Å²) in [6.45, 7) is 1.42. The van der Waals surface area contributed by atoms with E-state index in [2.05, 4.69) is 15.3 Å². The van der Waals surface area contributed by atoms with Gasteiger partial charge < -0.3 is 26.7 Å². The molecule has 1 amide bonds. The number of benzene rings is 2. The lowest BCUT2D eigenvalue weighted by Crippen LogP contribution is -2.47. The normalized spacial score (nSPS) is 19.9. The van der Waals surface area contributed by atoms with Crippen LogP contribution in [-0.4, -0.2) is 64.6 Å². The number of H-pyrrole nitrogens is 1. The van der Waals surface area contributed by atoms with Crippen molar-refractivity contribution in [3.05, 3.63) is 88.8 Å². The van der Waals surface area contributed by atoms with Crippen molar-refractivity contribution in [1.82, 2.24) is 20.2 Å². The van der Waals surface area contributed by atoms with E-state index in [9.17, 15) is 14.4 Å². The minimum atomic E-state index is -0.732. The van der Waals surface area contributed by atoms with Crippen molar-refractivity contribution in [2.75, 3.05) is 20.1 Å². The van der Waals surface area contributed by atoms with Gasteiger partial charge in [0.25, 0.3) is 0 Å². The van der Waals surface area contributed by atoms with Gasteiger partial charge in [-0.05, 0) is 74.0 Å². The SMILES string of the molecule is CN1C(=O)[C@H](CCCCN)CC(=O)[C@H](CCCN)NCc2ccccc2Sc2c(Cl)cncc2CCC(=O)[C@@H]1Cc1c[nH]c2ccccc12. The van der Waals surface area contributed by atoms with E-state index in [1.54, 1.807) is 24.3 Å². The van der Waals surface area contributed by atoms with E-state index in [4.69, 9.17) is 23.1 Å². The van der Waals surface area contributed by atoms with Crippen LogP contribution in [0, 0.1) is 5.92 Å². The molecule has 9 nitrogen and oxygen atoms in total. The minimum Gasteiger partial charge on any atom is -0.361 e. The van der Waals surface area contributed by atoms with Gasteiger partial charge >= 0.3 is 0 Å². The highest BCUT2D eigenvalue weighted by atomic mass is 35.5. The lowest BCUT2D eigenvalue weighted by Gasteiger charge is -2.31. The summed E-state index contributed by atoms with van der Waals surface area (Å²) >= 11 is 8.29. The van der Waals surface area contributed by atoms with E-state index in [1.165, 1.54) is 11.8 Å². The zero-order valence-electron chi connectivity index (χ0n) is 28.1. The number of hydrogen-bond donors (Lipinski definition) is 4. The van der Waals surface area contributed by atoms with Crippen molar-refractivity contribution in [2.45, 2.75) is 86.2 Å². The number of amides is 1. The maximum atomic E-state index is 14.4. The van der Waals surface area contributed by atoms with Gasteiger partial charge in [0.1, 0.15) is 0 Å². The molecule has 0 fully saturated rings. The van der Waals surface area contributed by atoms with Gasteiger partial charge in [0, 0.05) is 78.1 Å². The van der Waals surface area contributed by atoms with Crippen LogP contribution in [0.4, 0.5) is 0 Å². The zero-order chi connectivity index (χ0) is 34.8. The third-order valence-corrected chi connectivity index (χ3v) is 11.2. The molecule has 5 rings (SSSR count). The molecule has 4 aromatic rings. The first-order valence-electron chi connectivity index (χ1n) is 17.2. The molecule has 0 bridgehead atoms. The predicted molar refractivity (Wildman–Crippen MR) is 197 cm³/mol. The Kier molecular flexibility index (Phi) is 13.4. The summed E-state index contributed by atoms with van der Waals surface area (Å²) in [7, 11) is 1.71. The number of aryl methyl sites for hydroxylation is 1. The largest absolute Gasteiger partial charge is 0.361 e. The van der Waals surface area contributed by atoms with Crippen molar-refractivity contribution < 1.29 is 14.4 Å². The van der Waals surface area contributed by atoms with E-state index < -0.39 is 18.0 Å². The Morgan fingerprint density at radius 2 is 1.69 bits per heavy atom. The molecule has 0 aliphatic carbocycles. The van der Waals surface area contributed by atoms with E-state index in [0.717, 1.165) is 43.8 Å². The maximum absolute atomic E-state index is 14.4. The van der Waals surface area contributed by atoms with Crippen LogP contribution in [0.1, 0.15) is 61.6 Å². The van der Waals surface area contributed by atoms with Gasteiger partial charge in [-0.25, -0.2) is 0 Å². The second kappa shape index (κ2) is 17.9. The summed E-state index contributed by atoms with van der Waals surface area (Å²) in [6, 6.07) is 14.8. The quantitative estimate of drug-likeness (QED) is 0.159. The molecule has 1 aliphatic heterocycles. The number of carbonyl (C=O) groups excluding carboxylic acids is 3. The fourth-order valence-electron chi connectivity index (χ4n) is 6.62. The highest BCUT2D eigenvalue weighted by molar-refractivity contribution is 7.99. The Morgan fingerprint density at radius 1 is 0.918 bits per heavy atom. The summed E-state index contributed by atoms with van der Waals surface area (Å²) < 4.78 is 0. The fraction of sp³-hybridized carbons (Fsp3) is 0.421. The molecular formula is C38H47ClN6O3S. The molecule has 3 heterocycles. The molecule has 0 saturated carbocycles. The van der Waals surface area contributed by atoms with Crippen molar-refractivity contribution >= 4 is 51.7 Å². The first kappa shape index (κ1) is 36.7. The zero-order valence-corrected chi connectivity index (χ0v) is 29.7. The second-order valence-corrected chi connectivity index (χ2v) is 14.3. The molecule has 11 heteroatoms. The fourth-order valence-corrected chi connectivity index (χ4v) is 7.99. The van der Waals surface area contributed by atoms with E-state index >= 15 is 0 Å². The van der Waals surface area contributed by atoms with Crippen LogP contribution >= 0.6 is 23.4 Å². The van der Waals surface area contributed by atoms with Crippen LogP contribution in [0.3, 0.4) is 0 Å². The second-order valence-electron chi connectivity index (χ2n) is 12.8.